The SMILES string of the molecule is CC(=O)[C@@H]1C[C@@](CC[C@@]2([N+](=O)[O-])CC[C@@](C)(O)[C@H](C(C)=O)C2)([N+](=O)[O-])CC[C@@]1(C)O. The average Bonchev–Trinajstić information content (AvgIpc) is 2.60. The zero-order chi connectivity index (χ0) is 23.1. The number of nitro groups is 2. The first kappa shape index (κ1) is 24.3. The van der Waals surface area contributed by atoms with Gasteiger partial charge in [0.1, 0.15) is 11.6 Å². The predicted octanol–water partition coefficient (Wildman–Crippen LogP) is 2.08. The molecule has 0 aromatic carbocycles. The van der Waals surface area contributed by atoms with E-state index in [-0.39, 0.29) is 62.9 Å². The third kappa shape index (κ3) is 4.39. The molecule has 170 valence electrons. The number of aliphatic hydroxyl groups is 2. The second kappa shape index (κ2) is 7.96. The maximum atomic E-state index is 12.0. The van der Waals surface area contributed by atoms with Gasteiger partial charge >= 0.3 is 0 Å². The van der Waals surface area contributed by atoms with Crippen LogP contribution in [0.25, 0.3) is 0 Å². The van der Waals surface area contributed by atoms with E-state index in [0.717, 1.165) is 0 Å². The Bertz CT molecular complexity index is 687. The summed E-state index contributed by atoms with van der Waals surface area (Å²) in [5, 5.41) is 45.1. The molecule has 0 bridgehead atoms. The molecular weight excluding hydrogens is 396 g/mol. The lowest BCUT2D eigenvalue weighted by atomic mass is 9.62. The summed E-state index contributed by atoms with van der Waals surface area (Å²) in [6.07, 6.45) is -0.491. The van der Waals surface area contributed by atoms with Crippen LogP contribution in [0.5, 0.6) is 0 Å². The van der Waals surface area contributed by atoms with E-state index in [9.17, 15) is 40.0 Å². The summed E-state index contributed by atoms with van der Waals surface area (Å²) in [6.45, 7) is 5.55. The Morgan fingerprint density at radius 3 is 1.33 bits per heavy atom. The molecule has 0 unspecified atom stereocenters. The molecule has 0 amide bonds. The Labute approximate surface area is 175 Å². The summed E-state index contributed by atoms with van der Waals surface area (Å²) in [7, 11) is 0. The van der Waals surface area contributed by atoms with Crippen molar-refractivity contribution in [3.63, 3.8) is 0 Å². The molecule has 2 aliphatic rings. The number of Topliss-reactive ketones (excluding diaryl/α,β-unsaturated/α-hetero) is 2. The fraction of sp³-hybridized carbons (Fsp3) is 0.900. The highest BCUT2D eigenvalue weighted by molar-refractivity contribution is 5.80. The van der Waals surface area contributed by atoms with Gasteiger partial charge in [0, 0.05) is 48.4 Å². The zero-order valence-electron chi connectivity index (χ0n) is 18.0. The first-order chi connectivity index (χ1) is 13.6. The van der Waals surface area contributed by atoms with Gasteiger partial charge in [0.2, 0.25) is 11.1 Å². The van der Waals surface area contributed by atoms with Crippen LogP contribution in [-0.2, 0) is 9.59 Å². The molecule has 2 fully saturated rings. The minimum absolute atomic E-state index is 0.0123. The van der Waals surface area contributed by atoms with E-state index in [1.54, 1.807) is 0 Å². The molecule has 0 aliphatic heterocycles. The van der Waals surface area contributed by atoms with Gasteiger partial charge in [-0.1, -0.05) is 0 Å². The Kier molecular flexibility index (Phi) is 6.45. The minimum atomic E-state index is -1.55. The maximum Gasteiger partial charge on any atom is 0.223 e. The summed E-state index contributed by atoms with van der Waals surface area (Å²) in [4.78, 5) is 47.2. The number of rotatable bonds is 7. The van der Waals surface area contributed by atoms with E-state index in [1.165, 1.54) is 27.7 Å². The lowest BCUT2D eigenvalue weighted by Crippen LogP contribution is -2.57. The fourth-order valence-corrected chi connectivity index (χ4v) is 5.32. The monoisotopic (exact) mass is 428 g/mol. The summed E-state index contributed by atoms with van der Waals surface area (Å²) < 4.78 is 0. The predicted molar refractivity (Wildman–Crippen MR) is 106 cm³/mol. The lowest BCUT2D eigenvalue weighted by Gasteiger charge is -2.44. The van der Waals surface area contributed by atoms with E-state index in [2.05, 4.69) is 0 Å². The number of hydrogen-bond donors (Lipinski definition) is 2. The van der Waals surface area contributed by atoms with Crippen LogP contribution in [0.1, 0.15) is 79.1 Å². The van der Waals surface area contributed by atoms with E-state index < -0.39 is 44.0 Å². The molecule has 0 aromatic rings. The van der Waals surface area contributed by atoms with Crippen LogP contribution in [0.4, 0.5) is 0 Å². The van der Waals surface area contributed by atoms with Crippen LogP contribution < -0.4 is 0 Å². The number of nitrogens with zero attached hydrogens (tertiary/aromatic N) is 2. The molecule has 0 radical (unpaired) electrons. The molecule has 0 saturated heterocycles. The van der Waals surface area contributed by atoms with Gasteiger partial charge in [-0.3, -0.25) is 29.8 Å². The van der Waals surface area contributed by atoms with Crippen LogP contribution in [0.15, 0.2) is 0 Å². The van der Waals surface area contributed by atoms with Crippen LogP contribution in [0, 0.1) is 32.1 Å². The van der Waals surface area contributed by atoms with Gasteiger partial charge in [-0.2, -0.15) is 0 Å². The minimum Gasteiger partial charge on any atom is -0.389 e. The Balaban J connectivity index is 2.31. The molecule has 2 rings (SSSR count). The Hall–Kier alpha value is -1.94. The zero-order valence-corrected chi connectivity index (χ0v) is 18.0. The summed E-state index contributed by atoms with van der Waals surface area (Å²) in [5.74, 6) is -2.53. The molecule has 0 aromatic heterocycles. The molecule has 0 spiro atoms. The van der Waals surface area contributed by atoms with Crippen molar-refractivity contribution in [2.24, 2.45) is 11.8 Å². The summed E-state index contributed by atoms with van der Waals surface area (Å²) in [5.41, 5.74) is -5.80. The maximum absolute atomic E-state index is 12.0. The largest absolute Gasteiger partial charge is 0.389 e. The topological polar surface area (TPSA) is 161 Å². The molecule has 30 heavy (non-hydrogen) atoms. The van der Waals surface area contributed by atoms with Gasteiger partial charge in [-0.15, -0.1) is 0 Å². The van der Waals surface area contributed by atoms with Crippen LogP contribution in [0.2, 0.25) is 0 Å². The highest BCUT2D eigenvalue weighted by atomic mass is 16.6. The van der Waals surface area contributed by atoms with Crippen molar-refractivity contribution in [3.05, 3.63) is 20.2 Å². The van der Waals surface area contributed by atoms with Crippen molar-refractivity contribution < 1.29 is 29.6 Å². The standard InChI is InChI=1S/C20H32N2O8/c1-13(23)15-11-19(21(27)28,7-5-17(15,3)25)9-10-20(22(29)30)8-6-18(4,26)16(12-20)14(2)24/h15-16,25-26H,5-12H2,1-4H3/t15-,16-,17+,18+,19-,20+/m0/s1. The van der Waals surface area contributed by atoms with E-state index in [1.807, 2.05) is 0 Å². The second-order valence-corrected chi connectivity index (χ2v) is 9.91. The smallest absolute Gasteiger partial charge is 0.223 e. The van der Waals surface area contributed by atoms with Crippen molar-refractivity contribution in [1.29, 1.82) is 0 Å². The van der Waals surface area contributed by atoms with Gasteiger partial charge < -0.3 is 10.2 Å². The quantitative estimate of drug-likeness (QED) is 0.460. The average molecular weight is 428 g/mol. The number of carbonyl (C=O) groups excluding carboxylic acids is 2. The van der Waals surface area contributed by atoms with Gasteiger partial charge in [0.25, 0.3) is 0 Å². The van der Waals surface area contributed by atoms with Crippen LogP contribution in [0.3, 0.4) is 0 Å². The van der Waals surface area contributed by atoms with Gasteiger partial charge in [-0.05, 0) is 40.5 Å². The summed E-state index contributed by atoms with van der Waals surface area (Å²) in [6, 6.07) is 0. The molecule has 2 saturated carbocycles. The van der Waals surface area contributed by atoms with Crippen molar-refractivity contribution in [3.8, 4) is 0 Å². The summed E-state index contributed by atoms with van der Waals surface area (Å²) >= 11 is 0. The third-order valence-electron chi connectivity index (χ3n) is 7.67. The molecule has 2 aliphatic carbocycles. The fourth-order valence-electron chi connectivity index (χ4n) is 5.32. The number of hydrogen-bond acceptors (Lipinski definition) is 8. The van der Waals surface area contributed by atoms with Crippen molar-refractivity contribution in [1.82, 2.24) is 0 Å². The first-order valence-electron chi connectivity index (χ1n) is 10.3. The van der Waals surface area contributed by atoms with Gasteiger partial charge in [0.05, 0.1) is 23.0 Å². The van der Waals surface area contributed by atoms with Crippen LogP contribution >= 0.6 is 0 Å². The van der Waals surface area contributed by atoms with Crippen LogP contribution in [-0.4, -0.2) is 53.9 Å². The highest BCUT2D eigenvalue weighted by Crippen LogP contribution is 2.48. The molecule has 10 nitrogen and oxygen atoms in total. The second-order valence-electron chi connectivity index (χ2n) is 9.91. The molecule has 2 N–H and O–H groups in total. The normalized spacial score (nSPS) is 41.8. The number of carbonyl (C=O) groups is 2. The molecular formula is C20H32N2O8. The third-order valence-corrected chi connectivity index (χ3v) is 7.67. The number of ketones is 2. The van der Waals surface area contributed by atoms with E-state index in [4.69, 9.17) is 0 Å². The Morgan fingerprint density at radius 2 is 1.10 bits per heavy atom. The molecule has 6 atom stereocenters. The highest BCUT2D eigenvalue weighted by Gasteiger charge is 2.59. The Morgan fingerprint density at radius 1 is 0.800 bits per heavy atom. The first-order valence-corrected chi connectivity index (χ1v) is 10.3. The van der Waals surface area contributed by atoms with E-state index in [0.29, 0.717) is 0 Å². The molecule has 0 heterocycles. The molecule has 10 heteroatoms. The van der Waals surface area contributed by atoms with Gasteiger partial charge in [-0.25, -0.2) is 0 Å². The lowest BCUT2D eigenvalue weighted by molar-refractivity contribution is -0.596. The van der Waals surface area contributed by atoms with Crippen molar-refractivity contribution in [2.75, 3.05) is 0 Å². The van der Waals surface area contributed by atoms with Crippen molar-refractivity contribution >= 4 is 11.6 Å². The van der Waals surface area contributed by atoms with Crippen molar-refractivity contribution in [2.45, 2.75) is 101 Å². The van der Waals surface area contributed by atoms with E-state index >= 15 is 0 Å². The van der Waals surface area contributed by atoms with Gasteiger partial charge in [0.15, 0.2) is 0 Å².